The number of hydrogen-bond donors (Lipinski definition) is 1. The van der Waals surface area contributed by atoms with Gasteiger partial charge >= 0.3 is 0 Å². The van der Waals surface area contributed by atoms with Crippen LogP contribution in [-0.4, -0.2) is 45.7 Å². The summed E-state index contributed by atoms with van der Waals surface area (Å²) in [5, 5.41) is 1.18. The molecule has 32 heavy (non-hydrogen) atoms. The van der Waals surface area contributed by atoms with E-state index in [-0.39, 0.29) is 24.4 Å². The van der Waals surface area contributed by atoms with Gasteiger partial charge in [0.1, 0.15) is 6.04 Å². The van der Waals surface area contributed by atoms with E-state index in [0.29, 0.717) is 13.0 Å². The number of para-hydroxylation sites is 1. The Balaban J connectivity index is 1.50. The number of aryl methyl sites for hydroxylation is 1. The molecule has 5 rings (SSSR count). The predicted molar refractivity (Wildman–Crippen MR) is 126 cm³/mol. The van der Waals surface area contributed by atoms with Crippen LogP contribution in [0.15, 0.2) is 54.6 Å². The third-order valence-electron chi connectivity index (χ3n) is 7.04. The first kappa shape index (κ1) is 20.8. The van der Waals surface area contributed by atoms with Crippen molar-refractivity contribution in [2.24, 2.45) is 0 Å². The van der Waals surface area contributed by atoms with E-state index in [1.54, 1.807) is 4.90 Å². The van der Waals surface area contributed by atoms with Crippen molar-refractivity contribution >= 4 is 22.7 Å². The predicted octanol–water partition coefficient (Wildman–Crippen LogP) is 4.63. The maximum absolute atomic E-state index is 13.5. The van der Waals surface area contributed by atoms with Gasteiger partial charge in [-0.1, -0.05) is 68.3 Å². The number of nitrogens with zero attached hydrogens (tertiary/aromatic N) is 2. The highest BCUT2D eigenvalue weighted by Crippen LogP contribution is 2.41. The number of piperazine rings is 1. The lowest BCUT2D eigenvalue weighted by molar-refractivity contribution is -0.159. The van der Waals surface area contributed by atoms with Crippen molar-refractivity contribution in [2.45, 2.75) is 57.5 Å². The minimum absolute atomic E-state index is 0.0773. The molecule has 0 spiro atoms. The topological polar surface area (TPSA) is 56.4 Å². The van der Waals surface area contributed by atoms with Gasteiger partial charge in [-0.05, 0) is 36.5 Å². The second kappa shape index (κ2) is 8.81. The maximum Gasteiger partial charge on any atom is 0.246 e. The summed E-state index contributed by atoms with van der Waals surface area (Å²) in [6.45, 7) is 3.04. The minimum atomic E-state index is -0.398. The molecule has 0 saturated carbocycles. The van der Waals surface area contributed by atoms with Crippen molar-refractivity contribution in [2.75, 3.05) is 13.1 Å². The second-order valence-corrected chi connectivity index (χ2v) is 9.09. The summed E-state index contributed by atoms with van der Waals surface area (Å²) in [6, 6.07) is 18.2. The quantitative estimate of drug-likeness (QED) is 0.557. The highest BCUT2D eigenvalue weighted by Gasteiger charge is 2.47. The lowest BCUT2D eigenvalue weighted by atomic mass is 9.86. The Kier molecular flexibility index (Phi) is 5.73. The number of H-pyrrole nitrogens is 1. The van der Waals surface area contributed by atoms with Gasteiger partial charge in [0.2, 0.25) is 11.8 Å². The molecule has 0 radical (unpaired) electrons. The SMILES string of the molecule is CCCCCN1CC(=O)N2C(Cc3c([nH]c4ccccc34)C2CCc2ccccc2)C1=O. The zero-order valence-corrected chi connectivity index (χ0v) is 18.7. The molecule has 5 heteroatoms. The summed E-state index contributed by atoms with van der Waals surface area (Å²) in [4.78, 5) is 34.2. The molecule has 3 heterocycles. The second-order valence-electron chi connectivity index (χ2n) is 9.09. The van der Waals surface area contributed by atoms with Crippen LogP contribution in [0.25, 0.3) is 10.9 Å². The zero-order valence-electron chi connectivity index (χ0n) is 18.7. The van der Waals surface area contributed by atoms with Gasteiger partial charge in [-0.3, -0.25) is 9.59 Å². The van der Waals surface area contributed by atoms with Crippen LogP contribution in [0.2, 0.25) is 0 Å². The number of carbonyl (C=O) groups excluding carboxylic acids is 2. The smallest absolute Gasteiger partial charge is 0.246 e. The van der Waals surface area contributed by atoms with Crippen LogP contribution in [0.5, 0.6) is 0 Å². The number of aromatic nitrogens is 1. The van der Waals surface area contributed by atoms with Gasteiger partial charge in [0.15, 0.2) is 0 Å². The van der Waals surface area contributed by atoms with Crippen LogP contribution in [0.4, 0.5) is 0 Å². The molecule has 2 aliphatic rings. The number of unbranched alkanes of at least 4 members (excludes halogenated alkanes) is 2. The normalized spacial score (nSPS) is 20.5. The van der Waals surface area contributed by atoms with Crippen molar-refractivity contribution in [3.05, 3.63) is 71.4 Å². The molecule has 5 nitrogen and oxygen atoms in total. The van der Waals surface area contributed by atoms with E-state index >= 15 is 0 Å². The third-order valence-corrected chi connectivity index (χ3v) is 7.04. The van der Waals surface area contributed by atoms with Crippen LogP contribution in [-0.2, 0) is 22.4 Å². The molecular formula is C27H31N3O2. The summed E-state index contributed by atoms with van der Waals surface area (Å²) in [5.41, 5.74) is 4.65. The first-order valence-corrected chi connectivity index (χ1v) is 11.9. The number of nitrogens with one attached hydrogen (secondary N) is 1. The molecule has 0 bridgehead atoms. The lowest BCUT2D eigenvalue weighted by Gasteiger charge is -2.47. The average molecular weight is 430 g/mol. The number of aromatic amines is 1. The third kappa shape index (κ3) is 3.70. The van der Waals surface area contributed by atoms with Crippen LogP contribution < -0.4 is 0 Å². The van der Waals surface area contributed by atoms with Crippen molar-refractivity contribution in [1.29, 1.82) is 0 Å². The van der Waals surface area contributed by atoms with Gasteiger partial charge in [-0.25, -0.2) is 0 Å². The number of hydrogen-bond acceptors (Lipinski definition) is 2. The van der Waals surface area contributed by atoms with Crippen molar-refractivity contribution in [1.82, 2.24) is 14.8 Å². The lowest BCUT2D eigenvalue weighted by Crippen LogP contribution is -2.63. The number of fused-ring (bicyclic) bond motifs is 4. The Morgan fingerprint density at radius 1 is 1.00 bits per heavy atom. The summed E-state index contributed by atoms with van der Waals surface area (Å²) in [7, 11) is 0. The molecule has 3 aromatic rings. The highest BCUT2D eigenvalue weighted by molar-refractivity contribution is 5.97. The number of benzene rings is 2. The fourth-order valence-electron chi connectivity index (χ4n) is 5.43. The van der Waals surface area contributed by atoms with Gasteiger partial charge in [0, 0.05) is 29.6 Å². The highest BCUT2D eigenvalue weighted by atomic mass is 16.2. The molecule has 2 atom stereocenters. The number of amides is 2. The van der Waals surface area contributed by atoms with Crippen molar-refractivity contribution in [3.8, 4) is 0 Å². The summed E-state index contributed by atoms with van der Waals surface area (Å²) < 4.78 is 0. The molecule has 2 aromatic carbocycles. The molecule has 2 aliphatic heterocycles. The molecule has 1 N–H and O–H groups in total. The van der Waals surface area contributed by atoms with Crippen LogP contribution in [0.1, 0.15) is 55.5 Å². The Morgan fingerprint density at radius 2 is 1.78 bits per heavy atom. The van der Waals surface area contributed by atoms with Gasteiger partial charge in [-0.15, -0.1) is 0 Å². The molecule has 2 unspecified atom stereocenters. The maximum atomic E-state index is 13.5. The first-order chi connectivity index (χ1) is 15.7. The molecule has 166 valence electrons. The molecule has 1 fully saturated rings. The molecular weight excluding hydrogens is 398 g/mol. The largest absolute Gasteiger partial charge is 0.356 e. The summed E-state index contributed by atoms with van der Waals surface area (Å²) in [5.74, 6) is 0.190. The Morgan fingerprint density at radius 3 is 2.59 bits per heavy atom. The van der Waals surface area contributed by atoms with Crippen LogP contribution in [0, 0.1) is 0 Å². The van der Waals surface area contributed by atoms with Gasteiger partial charge in [0.05, 0.1) is 12.6 Å². The van der Waals surface area contributed by atoms with Gasteiger partial charge in [-0.2, -0.15) is 0 Å². The van der Waals surface area contributed by atoms with E-state index < -0.39 is 6.04 Å². The summed E-state index contributed by atoms with van der Waals surface area (Å²) >= 11 is 0. The molecule has 0 aliphatic carbocycles. The summed E-state index contributed by atoms with van der Waals surface area (Å²) in [6.07, 6.45) is 5.40. The van der Waals surface area contributed by atoms with E-state index in [2.05, 4.69) is 48.3 Å². The average Bonchev–Trinajstić information content (AvgIpc) is 3.19. The van der Waals surface area contributed by atoms with Gasteiger partial charge < -0.3 is 14.8 Å². The Hall–Kier alpha value is -3.08. The number of rotatable bonds is 7. The van der Waals surface area contributed by atoms with Crippen LogP contribution in [0.3, 0.4) is 0 Å². The number of carbonyl (C=O) groups is 2. The van der Waals surface area contributed by atoms with E-state index in [1.165, 1.54) is 16.5 Å². The molecule has 1 saturated heterocycles. The fourth-order valence-corrected chi connectivity index (χ4v) is 5.43. The Bertz CT molecular complexity index is 1120. The van der Waals surface area contributed by atoms with Crippen LogP contribution >= 0.6 is 0 Å². The van der Waals surface area contributed by atoms with Crippen molar-refractivity contribution < 1.29 is 9.59 Å². The minimum Gasteiger partial charge on any atom is -0.356 e. The monoisotopic (exact) mass is 429 g/mol. The molecule has 1 aromatic heterocycles. The zero-order chi connectivity index (χ0) is 22.1. The standard InChI is InChI=1S/C27H31N3O2/c1-2-3-9-16-29-18-25(31)30-23(15-14-19-10-5-4-6-11-19)26-21(17-24(30)27(29)32)20-12-7-8-13-22(20)28-26/h4-8,10-13,23-24,28H,2-3,9,14-18H2,1H3. The van der Waals surface area contributed by atoms with E-state index in [4.69, 9.17) is 0 Å². The first-order valence-electron chi connectivity index (χ1n) is 11.9. The Labute approximate surface area is 189 Å². The van der Waals surface area contributed by atoms with E-state index in [1.807, 2.05) is 23.1 Å². The van der Waals surface area contributed by atoms with Crippen molar-refractivity contribution in [3.63, 3.8) is 0 Å². The fraction of sp³-hybridized carbons (Fsp3) is 0.407. The van der Waals surface area contributed by atoms with E-state index in [0.717, 1.165) is 43.3 Å². The van der Waals surface area contributed by atoms with E-state index in [9.17, 15) is 9.59 Å². The van der Waals surface area contributed by atoms with Gasteiger partial charge in [0.25, 0.3) is 0 Å². The molecule has 2 amide bonds.